The van der Waals surface area contributed by atoms with E-state index in [1.54, 1.807) is 66.9 Å². The molecule has 0 aliphatic carbocycles. The minimum atomic E-state index is -0.594. The highest BCUT2D eigenvalue weighted by Crippen LogP contribution is 2.20. The summed E-state index contributed by atoms with van der Waals surface area (Å²) in [6.45, 7) is 0.113. The predicted octanol–water partition coefficient (Wildman–Crippen LogP) is 4.64. The summed E-state index contributed by atoms with van der Waals surface area (Å²) < 4.78 is 1.49. The molecule has 170 valence electrons. The standard InChI is InChI=1S/C27H22ClN3O3/c28-21-11-13-22(14-12-21)30-27(34)24(19-6-2-1-3-7-19)18-29-26(33)20-9-15-23(16-10-20)31-17-5-4-8-25(31)32/h1-17,24H,18H2,(H,29,33)(H,30,34). The van der Waals surface area contributed by atoms with Crippen molar-refractivity contribution in [3.8, 4) is 5.69 Å². The van der Waals surface area contributed by atoms with Crippen molar-refractivity contribution in [2.75, 3.05) is 11.9 Å². The number of hydrogen-bond donors (Lipinski definition) is 2. The predicted molar refractivity (Wildman–Crippen MR) is 134 cm³/mol. The first-order chi connectivity index (χ1) is 16.5. The zero-order chi connectivity index (χ0) is 23.9. The van der Waals surface area contributed by atoms with E-state index < -0.39 is 5.92 Å². The highest BCUT2D eigenvalue weighted by molar-refractivity contribution is 6.30. The third-order valence-electron chi connectivity index (χ3n) is 5.33. The molecular weight excluding hydrogens is 450 g/mol. The number of carbonyl (C=O) groups is 2. The van der Waals surface area contributed by atoms with Crippen molar-refractivity contribution in [1.29, 1.82) is 0 Å². The second kappa shape index (κ2) is 10.6. The molecule has 34 heavy (non-hydrogen) atoms. The molecule has 2 N–H and O–H groups in total. The van der Waals surface area contributed by atoms with E-state index in [1.807, 2.05) is 30.3 Å². The fraction of sp³-hybridized carbons (Fsp3) is 0.0741. The Morgan fingerprint density at radius 2 is 1.50 bits per heavy atom. The number of rotatable bonds is 7. The van der Waals surface area contributed by atoms with Gasteiger partial charge in [-0.3, -0.25) is 19.0 Å². The summed E-state index contributed by atoms with van der Waals surface area (Å²) in [5.74, 6) is -1.15. The van der Waals surface area contributed by atoms with Gasteiger partial charge in [0.15, 0.2) is 0 Å². The molecule has 0 saturated heterocycles. The van der Waals surface area contributed by atoms with E-state index in [-0.39, 0.29) is 23.9 Å². The van der Waals surface area contributed by atoms with Crippen molar-refractivity contribution in [2.24, 2.45) is 0 Å². The van der Waals surface area contributed by atoms with Crippen LogP contribution >= 0.6 is 11.6 Å². The van der Waals surface area contributed by atoms with Gasteiger partial charge in [-0.1, -0.05) is 48.0 Å². The minimum Gasteiger partial charge on any atom is -0.351 e. The number of nitrogens with zero attached hydrogens (tertiary/aromatic N) is 1. The number of anilines is 1. The zero-order valence-corrected chi connectivity index (χ0v) is 18.9. The van der Waals surface area contributed by atoms with E-state index in [9.17, 15) is 14.4 Å². The van der Waals surface area contributed by atoms with Crippen LogP contribution in [0.2, 0.25) is 5.02 Å². The Balaban J connectivity index is 1.47. The molecule has 0 saturated carbocycles. The van der Waals surface area contributed by atoms with E-state index in [4.69, 9.17) is 11.6 Å². The van der Waals surface area contributed by atoms with E-state index in [0.29, 0.717) is 22.0 Å². The average Bonchev–Trinajstić information content (AvgIpc) is 2.86. The summed E-state index contributed by atoms with van der Waals surface area (Å²) in [6, 6.07) is 27.7. The molecule has 0 fully saturated rings. The zero-order valence-electron chi connectivity index (χ0n) is 18.1. The molecule has 2 amide bonds. The lowest BCUT2D eigenvalue weighted by Gasteiger charge is -2.18. The van der Waals surface area contributed by atoms with Crippen LogP contribution in [0.1, 0.15) is 21.8 Å². The van der Waals surface area contributed by atoms with Gasteiger partial charge in [0.1, 0.15) is 0 Å². The molecule has 7 heteroatoms. The minimum absolute atomic E-state index is 0.113. The third-order valence-corrected chi connectivity index (χ3v) is 5.58. The van der Waals surface area contributed by atoms with Crippen molar-refractivity contribution in [3.63, 3.8) is 0 Å². The van der Waals surface area contributed by atoms with Crippen LogP contribution in [-0.4, -0.2) is 22.9 Å². The molecular formula is C27H22ClN3O3. The van der Waals surface area contributed by atoms with Gasteiger partial charge in [-0.2, -0.15) is 0 Å². The Labute approximate surface area is 201 Å². The van der Waals surface area contributed by atoms with Gasteiger partial charge in [-0.15, -0.1) is 0 Å². The topological polar surface area (TPSA) is 80.2 Å². The summed E-state index contributed by atoms with van der Waals surface area (Å²) in [7, 11) is 0. The summed E-state index contributed by atoms with van der Waals surface area (Å²) in [5.41, 5.74) is 2.34. The lowest BCUT2D eigenvalue weighted by atomic mass is 9.97. The monoisotopic (exact) mass is 471 g/mol. The number of aromatic nitrogens is 1. The fourth-order valence-corrected chi connectivity index (χ4v) is 3.65. The molecule has 4 aromatic rings. The summed E-state index contributed by atoms with van der Waals surface area (Å²) in [6.07, 6.45) is 1.67. The van der Waals surface area contributed by atoms with Gasteiger partial charge in [0, 0.05) is 40.8 Å². The van der Waals surface area contributed by atoms with Crippen LogP contribution in [0.5, 0.6) is 0 Å². The molecule has 6 nitrogen and oxygen atoms in total. The molecule has 1 unspecified atom stereocenters. The maximum Gasteiger partial charge on any atom is 0.255 e. The average molecular weight is 472 g/mol. The van der Waals surface area contributed by atoms with Crippen molar-refractivity contribution in [2.45, 2.75) is 5.92 Å². The van der Waals surface area contributed by atoms with Crippen molar-refractivity contribution in [3.05, 3.63) is 130 Å². The number of amides is 2. The van der Waals surface area contributed by atoms with Gasteiger partial charge in [-0.05, 0) is 60.2 Å². The number of pyridine rings is 1. The van der Waals surface area contributed by atoms with Crippen LogP contribution in [0.3, 0.4) is 0 Å². The Kier molecular flexibility index (Phi) is 7.20. The lowest BCUT2D eigenvalue weighted by molar-refractivity contribution is -0.117. The van der Waals surface area contributed by atoms with Gasteiger partial charge in [0.25, 0.3) is 11.5 Å². The molecule has 1 aromatic heterocycles. The molecule has 4 rings (SSSR count). The molecule has 1 heterocycles. The summed E-state index contributed by atoms with van der Waals surface area (Å²) >= 11 is 5.92. The Morgan fingerprint density at radius 1 is 0.824 bits per heavy atom. The van der Waals surface area contributed by atoms with E-state index in [1.165, 1.54) is 10.6 Å². The van der Waals surface area contributed by atoms with Crippen molar-refractivity contribution >= 4 is 29.1 Å². The maximum atomic E-state index is 13.1. The smallest absolute Gasteiger partial charge is 0.255 e. The van der Waals surface area contributed by atoms with Crippen LogP contribution in [0, 0.1) is 0 Å². The van der Waals surface area contributed by atoms with E-state index in [0.717, 1.165) is 5.56 Å². The Morgan fingerprint density at radius 3 is 2.18 bits per heavy atom. The fourth-order valence-electron chi connectivity index (χ4n) is 3.52. The van der Waals surface area contributed by atoms with Crippen LogP contribution in [0.25, 0.3) is 5.69 Å². The molecule has 0 radical (unpaired) electrons. The highest BCUT2D eigenvalue weighted by atomic mass is 35.5. The summed E-state index contributed by atoms with van der Waals surface area (Å²) in [4.78, 5) is 37.8. The number of halogens is 1. The molecule has 3 aromatic carbocycles. The van der Waals surface area contributed by atoms with E-state index in [2.05, 4.69) is 10.6 Å². The number of benzene rings is 3. The van der Waals surface area contributed by atoms with Gasteiger partial charge in [0.05, 0.1) is 5.92 Å². The normalized spacial score (nSPS) is 11.4. The molecule has 0 bridgehead atoms. The number of nitrogens with one attached hydrogen (secondary N) is 2. The Bertz CT molecular complexity index is 1330. The highest BCUT2D eigenvalue weighted by Gasteiger charge is 2.22. The van der Waals surface area contributed by atoms with E-state index >= 15 is 0 Å². The van der Waals surface area contributed by atoms with Gasteiger partial charge in [0.2, 0.25) is 5.91 Å². The van der Waals surface area contributed by atoms with Crippen LogP contribution in [-0.2, 0) is 4.79 Å². The number of carbonyl (C=O) groups excluding carboxylic acids is 2. The second-order valence-corrected chi connectivity index (χ2v) is 8.06. The molecule has 1 atom stereocenters. The number of hydrogen-bond acceptors (Lipinski definition) is 3. The molecule has 0 aliphatic heterocycles. The van der Waals surface area contributed by atoms with Gasteiger partial charge in [-0.25, -0.2) is 0 Å². The first kappa shape index (κ1) is 23.0. The van der Waals surface area contributed by atoms with Crippen LogP contribution in [0.15, 0.2) is 108 Å². The van der Waals surface area contributed by atoms with Gasteiger partial charge >= 0.3 is 0 Å². The second-order valence-electron chi connectivity index (χ2n) is 7.63. The van der Waals surface area contributed by atoms with Crippen molar-refractivity contribution < 1.29 is 9.59 Å². The molecule has 0 aliphatic rings. The molecule has 0 spiro atoms. The van der Waals surface area contributed by atoms with Crippen molar-refractivity contribution in [1.82, 2.24) is 9.88 Å². The Hall–Kier alpha value is -4.16. The largest absolute Gasteiger partial charge is 0.351 e. The van der Waals surface area contributed by atoms with Crippen LogP contribution in [0.4, 0.5) is 5.69 Å². The van der Waals surface area contributed by atoms with Gasteiger partial charge < -0.3 is 10.6 Å². The quantitative estimate of drug-likeness (QED) is 0.412. The first-order valence-corrected chi connectivity index (χ1v) is 11.1. The van der Waals surface area contributed by atoms with Crippen LogP contribution < -0.4 is 16.2 Å². The third kappa shape index (κ3) is 5.60. The first-order valence-electron chi connectivity index (χ1n) is 10.7. The maximum absolute atomic E-state index is 13.1. The SMILES string of the molecule is O=C(NCC(C(=O)Nc1ccc(Cl)cc1)c1ccccc1)c1ccc(-n2ccccc2=O)cc1. The lowest BCUT2D eigenvalue weighted by Crippen LogP contribution is -2.34. The summed E-state index contributed by atoms with van der Waals surface area (Å²) in [5, 5.41) is 6.31.